The first kappa shape index (κ1) is 11.4. The minimum absolute atomic E-state index is 0.453. The Morgan fingerprint density at radius 1 is 1.00 bits per heavy atom. The maximum atomic E-state index is 5.68. The van der Waals surface area contributed by atoms with Crippen LogP contribution >= 0.6 is 15.9 Å². The summed E-state index contributed by atoms with van der Waals surface area (Å²) in [5.74, 6) is 1.67. The van der Waals surface area contributed by atoms with Gasteiger partial charge in [0.25, 0.3) is 0 Å². The molecule has 90 valence electrons. The van der Waals surface area contributed by atoms with Crippen LogP contribution in [0.15, 0.2) is 63.7 Å². The molecule has 3 rings (SSSR count). The van der Waals surface area contributed by atoms with E-state index in [2.05, 4.69) is 34.1 Å². The summed E-state index contributed by atoms with van der Waals surface area (Å²) in [6.07, 6.45) is 1.65. The highest BCUT2D eigenvalue weighted by molar-refractivity contribution is 9.10. The van der Waals surface area contributed by atoms with Crippen LogP contribution in [0.2, 0.25) is 0 Å². The van der Waals surface area contributed by atoms with Gasteiger partial charge in [-0.2, -0.15) is 0 Å². The zero-order valence-corrected chi connectivity index (χ0v) is 11.2. The predicted octanol–water partition coefficient (Wildman–Crippen LogP) is 4.77. The van der Waals surface area contributed by atoms with E-state index in [0.29, 0.717) is 6.61 Å². The lowest BCUT2D eigenvalue weighted by atomic mass is 10.1. The molecule has 18 heavy (non-hydrogen) atoms. The fraction of sp³-hybridized carbons (Fsp3) is 0.0667. The maximum absolute atomic E-state index is 5.68. The van der Waals surface area contributed by atoms with Gasteiger partial charge in [0.1, 0.15) is 18.1 Å². The van der Waals surface area contributed by atoms with Crippen LogP contribution in [0.4, 0.5) is 0 Å². The molecule has 3 aromatic rings. The molecule has 0 aliphatic heterocycles. The number of furan rings is 1. The van der Waals surface area contributed by atoms with E-state index in [9.17, 15) is 0 Å². The van der Waals surface area contributed by atoms with Gasteiger partial charge in [-0.25, -0.2) is 0 Å². The van der Waals surface area contributed by atoms with Crippen molar-refractivity contribution in [1.29, 1.82) is 0 Å². The fourth-order valence-corrected chi connectivity index (χ4v) is 2.21. The van der Waals surface area contributed by atoms with Crippen LogP contribution < -0.4 is 4.74 Å². The first-order valence-electron chi connectivity index (χ1n) is 5.66. The summed E-state index contributed by atoms with van der Waals surface area (Å²) in [7, 11) is 0. The van der Waals surface area contributed by atoms with Gasteiger partial charge in [0.2, 0.25) is 0 Å². The number of halogens is 1. The molecule has 3 heteroatoms. The number of rotatable bonds is 3. The maximum Gasteiger partial charge on any atom is 0.146 e. The summed E-state index contributed by atoms with van der Waals surface area (Å²) in [6, 6.07) is 16.0. The summed E-state index contributed by atoms with van der Waals surface area (Å²) < 4.78 is 12.0. The van der Waals surface area contributed by atoms with Gasteiger partial charge in [-0.1, -0.05) is 28.1 Å². The third kappa shape index (κ3) is 2.41. The Morgan fingerprint density at radius 2 is 1.83 bits per heavy atom. The Balaban J connectivity index is 1.82. The van der Waals surface area contributed by atoms with Crippen molar-refractivity contribution in [2.75, 3.05) is 0 Å². The van der Waals surface area contributed by atoms with E-state index in [4.69, 9.17) is 9.15 Å². The highest BCUT2D eigenvalue weighted by Gasteiger charge is 2.00. The zero-order chi connectivity index (χ0) is 12.4. The topological polar surface area (TPSA) is 22.4 Å². The normalized spacial score (nSPS) is 10.7. The minimum Gasteiger partial charge on any atom is -0.486 e. The lowest BCUT2D eigenvalue weighted by Crippen LogP contribution is -1.93. The quantitative estimate of drug-likeness (QED) is 0.695. The largest absolute Gasteiger partial charge is 0.486 e. The van der Waals surface area contributed by atoms with Crippen molar-refractivity contribution >= 4 is 26.7 Å². The first-order valence-corrected chi connectivity index (χ1v) is 6.45. The van der Waals surface area contributed by atoms with Crippen LogP contribution in [0.1, 0.15) is 5.76 Å². The molecule has 0 spiro atoms. The molecule has 0 amide bonds. The van der Waals surface area contributed by atoms with Crippen LogP contribution in [-0.4, -0.2) is 0 Å². The van der Waals surface area contributed by atoms with E-state index in [-0.39, 0.29) is 0 Å². The van der Waals surface area contributed by atoms with E-state index >= 15 is 0 Å². The zero-order valence-electron chi connectivity index (χ0n) is 9.60. The van der Waals surface area contributed by atoms with Gasteiger partial charge in [0, 0.05) is 4.47 Å². The predicted molar refractivity (Wildman–Crippen MR) is 74.7 cm³/mol. The van der Waals surface area contributed by atoms with E-state index in [1.54, 1.807) is 6.26 Å². The Kier molecular flexibility index (Phi) is 3.07. The molecule has 0 unspecified atom stereocenters. The average molecular weight is 303 g/mol. The van der Waals surface area contributed by atoms with Crippen molar-refractivity contribution in [1.82, 2.24) is 0 Å². The summed E-state index contributed by atoms with van der Waals surface area (Å²) >= 11 is 3.46. The molecule has 0 bridgehead atoms. The molecule has 1 aromatic heterocycles. The summed E-state index contributed by atoms with van der Waals surface area (Å²) in [5, 5.41) is 2.35. The van der Waals surface area contributed by atoms with Crippen molar-refractivity contribution in [2.24, 2.45) is 0 Å². The summed E-state index contributed by atoms with van der Waals surface area (Å²) in [5.41, 5.74) is 0. The van der Waals surface area contributed by atoms with Crippen LogP contribution in [-0.2, 0) is 6.61 Å². The van der Waals surface area contributed by atoms with Crippen molar-refractivity contribution in [3.63, 3.8) is 0 Å². The second kappa shape index (κ2) is 4.86. The van der Waals surface area contributed by atoms with Crippen molar-refractivity contribution in [3.8, 4) is 5.75 Å². The summed E-state index contributed by atoms with van der Waals surface area (Å²) in [6.45, 7) is 0.453. The third-order valence-electron chi connectivity index (χ3n) is 2.73. The van der Waals surface area contributed by atoms with Crippen LogP contribution in [0.3, 0.4) is 0 Å². The Labute approximate surface area is 113 Å². The second-order valence-electron chi connectivity index (χ2n) is 4.02. The van der Waals surface area contributed by atoms with Gasteiger partial charge >= 0.3 is 0 Å². The molecule has 0 atom stereocenters. The number of fused-ring (bicyclic) bond motifs is 1. The van der Waals surface area contributed by atoms with Crippen molar-refractivity contribution < 1.29 is 9.15 Å². The Morgan fingerprint density at radius 3 is 2.67 bits per heavy atom. The third-order valence-corrected chi connectivity index (χ3v) is 3.23. The molecular weight excluding hydrogens is 292 g/mol. The van der Waals surface area contributed by atoms with Gasteiger partial charge in [0.15, 0.2) is 0 Å². The number of benzene rings is 2. The molecule has 0 radical (unpaired) electrons. The smallest absolute Gasteiger partial charge is 0.146 e. The fourth-order valence-electron chi connectivity index (χ4n) is 1.83. The van der Waals surface area contributed by atoms with Crippen molar-refractivity contribution in [3.05, 3.63) is 65.0 Å². The number of hydrogen-bond acceptors (Lipinski definition) is 2. The molecule has 0 saturated carbocycles. The second-order valence-corrected chi connectivity index (χ2v) is 4.94. The molecule has 0 aliphatic carbocycles. The first-order chi connectivity index (χ1) is 8.81. The van der Waals surface area contributed by atoms with Gasteiger partial charge in [-0.05, 0) is 47.2 Å². The SMILES string of the molecule is Brc1ccc2cc(OCc3ccco3)ccc2c1. The van der Waals surface area contributed by atoms with E-state index in [0.717, 1.165) is 21.4 Å². The van der Waals surface area contributed by atoms with Gasteiger partial charge in [-0.3, -0.25) is 0 Å². The standard InChI is InChI=1S/C15H11BrO2/c16-13-5-3-12-9-14(6-4-11(12)8-13)18-10-15-2-1-7-17-15/h1-9H,10H2. The van der Waals surface area contributed by atoms with Crippen LogP contribution in [0.5, 0.6) is 5.75 Å². The lowest BCUT2D eigenvalue weighted by molar-refractivity contribution is 0.270. The van der Waals surface area contributed by atoms with Crippen LogP contribution in [0.25, 0.3) is 10.8 Å². The highest BCUT2D eigenvalue weighted by atomic mass is 79.9. The molecule has 2 nitrogen and oxygen atoms in total. The van der Waals surface area contributed by atoms with E-state index in [1.165, 1.54) is 5.39 Å². The molecule has 1 heterocycles. The molecule has 0 saturated heterocycles. The Hall–Kier alpha value is -1.74. The summed E-state index contributed by atoms with van der Waals surface area (Å²) in [4.78, 5) is 0. The highest BCUT2D eigenvalue weighted by Crippen LogP contribution is 2.24. The molecule has 0 N–H and O–H groups in total. The Bertz CT molecular complexity index is 659. The molecular formula is C15H11BrO2. The van der Waals surface area contributed by atoms with E-state index in [1.807, 2.05) is 30.3 Å². The van der Waals surface area contributed by atoms with E-state index < -0.39 is 0 Å². The average Bonchev–Trinajstić information content (AvgIpc) is 2.89. The molecule has 2 aromatic carbocycles. The number of hydrogen-bond donors (Lipinski definition) is 0. The monoisotopic (exact) mass is 302 g/mol. The molecule has 0 aliphatic rings. The van der Waals surface area contributed by atoms with Gasteiger partial charge in [0.05, 0.1) is 6.26 Å². The minimum atomic E-state index is 0.453. The molecule has 0 fully saturated rings. The lowest BCUT2D eigenvalue weighted by Gasteiger charge is -2.06. The van der Waals surface area contributed by atoms with Crippen LogP contribution in [0, 0.1) is 0 Å². The van der Waals surface area contributed by atoms with Crippen molar-refractivity contribution in [2.45, 2.75) is 6.61 Å². The van der Waals surface area contributed by atoms with Gasteiger partial charge < -0.3 is 9.15 Å². The van der Waals surface area contributed by atoms with Gasteiger partial charge in [-0.15, -0.1) is 0 Å². The number of ether oxygens (including phenoxy) is 1.